The second kappa shape index (κ2) is 10.9. The van der Waals surface area contributed by atoms with Gasteiger partial charge in [0.2, 0.25) is 0 Å². The third-order valence-corrected chi connectivity index (χ3v) is 17.1. The Labute approximate surface area is 274 Å². The lowest BCUT2D eigenvalue weighted by molar-refractivity contribution is 0.336. The van der Waals surface area contributed by atoms with Gasteiger partial charge in [-0.05, 0) is 119 Å². The number of rotatable bonds is 4. The van der Waals surface area contributed by atoms with Crippen LogP contribution in [0, 0.1) is 11.8 Å². The molecule has 5 aliphatic carbocycles. The first-order valence-corrected chi connectivity index (χ1v) is 21.2. The molecule has 45 heavy (non-hydrogen) atoms. The fourth-order valence-corrected chi connectivity index (χ4v) is 14.8. The first kappa shape index (κ1) is 28.0. The molecule has 4 atom stereocenters. The largest absolute Gasteiger partial charge is 0.341 e. The van der Waals surface area contributed by atoms with Crippen molar-refractivity contribution in [1.82, 2.24) is 4.90 Å². The average molecular weight is 622 g/mol. The van der Waals surface area contributed by atoms with Crippen molar-refractivity contribution in [1.29, 1.82) is 0 Å². The van der Waals surface area contributed by atoms with Gasteiger partial charge in [-0.1, -0.05) is 108 Å². The summed E-state index contributed by atoms with van der Waals surface area (Å²) < 4.78 is 0. The number of fused-ring (bicyclic) bond motifs is 6. The molecule has 9 rings (SSSR count). The van der Waals surface area contributed by atoms with Gasteiger partial charge in [0.05, 0.1) is 6.04 Å². The zero-order valence-electron chi connectivity index (χ0n) is 26.6. The van der Waals surface area contributed by atoms with E-state index in [0.717, 1.165) is 37.5 Å². The maximum absolute atomic E-state index is 2.75. The minimum atomic E-state index is -1.64. The van der Waals surface area contributed by atoms with E-state index < -0.39 is 8.07 Å². The molecular weight excluding hydrogens is 579 g/mol. The summed E-state index contributed by atoms with van der Waals surface area (Å²) >= 11 is 2.23. The zero-order chi connectivity index (χ0) is 30.1. The Bertz CT molecular complexity index is 1890. The summed E-state index contributed by atoms with van der Waals surface area (Å²) in [6.45, 7) is 5.28. The predicted molar refractivity (Wildman–Crippen MR) is 196 cm³/mol. The highest BCUT2D eigenvalue weighted by Crippen LogP contribution is 2.61. The van der Waals surface area contributed by atoms with E-state index in [1.54, 1.807) is 21.2 Å². The highest BCUT2D eigenvalue weighted by molar-refractivity contribution is 8.04. The van der Waals surface area contributed by atoms with Crippen molar-refractivity contribution in [3.05, 3.63) is 147 Å². The Balaban J connectivity index is 1.11. The van der Waals surface area contributed by atoms with Crippen LogP contribution in [0.5, 0.6) is 0 Å². The molecule has 2 aromatic carbocycles. The molecule has 2 heterocycles. The SMILES string of the molecule is C[Si]1(C)C2=CCC3C(=C2C2=C1CCC(N(C1=CC=C(c4ccc5ccccc5c4)CC1)C1C=CC=CC1)=C2)SC1C=CCCC13. The molecule has 0 amide bonds. The van der Waals surface area contributed by atoms with E-state index in [2.05, 4.69) is 133 Å². The van der Waals surface area contributed by atoms with Gasteiger partial charge >= 0.3 is 0 Å². The first-order valence-electron chi connectivity index (χ1n) is 17.3. The number of benzene rings is 2. The predicted octanol–water partition coefficient (Wildman–Crippen LogP) is 11.1. The molecule has 0 saturated carbocycles. The second-order valence-electron chi connectivity index (χ2n) is 14.5. The molecule has 1 saturated heterocycles. The van der Waals surface area contributed by atoms with Crippen LogP contribution in [0.1, 0.15) is 56.9 Å². The normalized spacial score (nSPS) is 29.5. The summed E-state index contributed by atoms with van der Waals surface area (Å²) in [6.07, 6.45) is 34.1. The lowest BCUT2D eigenvalue weighted by Crippen LogP contribution is -2.35. The highest BCUT2D eigenvalue weighted by Gasteiger charge is 2.50. The standard InChI is InChI=1S/C42H43NSSi/c1-45(2)39-24-22-34(27-37(39)41-40(45)25-23-36-35-14-8-9-15-38(35)44-42(36)41)43(32-12-4-3-5-13-32)33-20-18-29(19-21-33)31-17-16-28-10-6-7-11-30(28)26-31/h3-7,9-12,15-18,20,25-27,32,35-36,38H,8,13-14,19,21-24H2,1-2H3. The van der Waals surface area contributed by atoms with Crippen molar-refractivity contribution >= 4 is 36.2 Å². The van der Waals surface area contributed by atoms with Crippen molar-refractivity contribution < 1.29 is 0 Å². The Morgan fingerprint density at radius 3 is 2.58 bits per heavy atom. The van der Waals surface area contributed by atoms with Gasteiger partial charge in [0.25, 0.3) is 0 Å². The molecule has 0 aromatic heterocycles. The topological polar surface area (TPSA) is 3.24 Å². The maximum atomic E-state index is 2.75. The fourth-order valence-electron chi connectivity index (χ4n) is 9.43. The number of allylic oxidation sites excluding steroid dienone is 15. The molecule has 226 valence electrons. The van der Waals surface area contributed by atoms with Gasteiger partial charge in [0.15, 0.2) is 0 Å². The molecule has 3 heteroatoms. The Morgan fingerprint density at radius 1 is 0.844 bits per heavy atom. The summed E-state index contributed by atoms with van der Waals surface area (Å²) in [5.41, 5.74) is 9.17. The summed E-state index contributed by atoms with van der Waals surface area (Å²) in [5.74, 6) is 1.56. The Kier molecular flexibility index (Phi) is 6.79. The minimum absolute atomic E-state index is 0.387. The number of hydrogen-bond acceptors (Lipinski definition) is 2. The van der Waals surface area contributed by atoms with Crippen LogP contribution in [0.3, 0.4) is 0 Å². The van der Waals surface area contributed by atoms with E-state index in [-0.39, 0.29) is 0 Å². The van der Waals surface area contributed by atoms with Crippen molar-refractivity contribution in [3.8, 4) is 0 Å². The van der Waals surface area contributed by atoms with Crippen molar-refractivity contribution in [2.75, 3.05) is 0 Å². The number of thioether (sulfide) groups is 1. The molecule has 0 bridgehead atoms. The fraction of sp³-hybridized carbons (Fsp3) is 0.333. The van der Waals surface area contributed by atoms with Crippen LogP contribution in [-0.4, -0.2) is 24.3 Å². The van der Waals surface area contributed by atoms with Crippen LogP contribution >= 0.6 is 11.8 Å². The molecule has 7 aliphatic rings. The van der Waals surface area contributed by atoms with Gasteiger partial charge in [0.1, 0.15) is 8.07 Å². The summed E-state index contributed by atoms with van der Waals surface area (Å²) in [7, 11) is -1.64. The molecule has 1 fully saturated rings. The van der Waals surface area contributed by atoms with E-state index in [9.17, 15) is 0 Å². The smallest absolute Gasteiger partial charge is 0.108 e. The van der Waals surface area contributed by atoms with Crippen LogP contribution in [0.25, 0.3) is 16.3 Å². The van der Waals surface area contributed by atoms with Gasteiger partial charge in [-0.15, -0.1) is 11.8 Å². The van der Waals surface area contributed by atoms with Crippen LogP contribution in [0.2, 0.25) is 13.1 Å². The third kappa shape index (κ3) is 4.56. The second-order valence-corrected chi connectivity index (χ2v) is 20.1. The first-order chi connectivity index (χ1) is 22.1. The van der Waals surface area contributed by atoms with E-state index in [1.807, 2.05) is 5.20 Å². The number of hydrogen-bond donors (Lipinski definition) is 0. The molecule has 2 aliphatic heterocycles. The quantitative estimate of drug-likeness (QED) is 0.247. The van der Waals surface area contributed by atoms with Crippen LogP contribution in [0.4, 0.5) is 0 Å². The van der Waals surface area contributed by atoms with Gasteiger partial charge in [-0.3, -0.25) is 0 Å². The van der Waals surface area contributed by atoms with E-state index in [4.69, 9.17) is 0 Å². The Hall–Kier alpha value is -3.27. The molecule has 4 unspecified atom stereocenters. The van der Waals surface area contributed by atoms with Crippen molar-refractivity contribution in [2.45, 2.75) is 75.8 Å². The highest BCUT2D eigenvalue weighted by atomic mass is 32.2. The lowest BCUT2D eigenvalue weighted by Gasteiger charge is -2.39. The summed E-state index contributed by atoms with van der Waals surface area (Å²) in [5, 5.41) is 6.92. The Morgan fingerprint density at radius 2 is 1.73 bits per heavy atom. The third-order valence-electron chi connectivity index (χ3n) is 11.7. The van der Waals surface area contributed by atoms with E-state index in [1.165, 1.54) is 59.0 Å². The molecule has 2 aromatic rings. The van der Waals surface area contributed by atoms with Gasteiger partial charge in [0, 0.05) is 16.6 Å². The summed E-state index contributed by atoms with van der Waals surface area (Å²) in [4.78, 5) is 4.51. The average Bonchev–Trinajstić information content (AvgIpc) is 3.57. The molecule has 0 radical (unpaired) electrons. The monoisotopic (exact) mass is 621 g/mol. The molecule has 1 nitrogen and oxygen atoms in total. The number of nitrogens with zero attached hydrogens (tertiary/aromatic N) is 1. The molecule has 0 spiro atoms. The van der Waals surface area contributed by atoms with E-state index >= 15 is 0 Å². The van der Waals surface area contributed by atoms with Crippen LogP contribution in [0.15, 0.2) is 141 Å². The van der Waals surface area contributed by atoms with E-state index in [0.29, 0.717) is 11.3 Å². The van der Waals surface area contributed by atoms with Gasteiger partial charge in [-0.25, -0.2) is 0 Å². The zero-order valence-corrected chi connectivity index (χ0v) is 28.5. The van der Waals surface area contributed by atoms with Gasteiger partial charge in [-0.2, -0.15) is 0 Å². The lowest BCUT2D eigenvalue weighted by atomic mass is 9.77. The maximum Gasteiger partial charge on any atom is 0.108 e. The van der Waals surface area contributed by atoms with Gasteiger partial charge < -0.3 is 4.90 Å². The molecular formula is C42H43NSSi. The molecule has 0 N–H and O–H groups in total. The van der Waals surface area contributed by atoms with Crippen LogP contribution in [-0.2, 0) is 0 Å². The summed E-state index contributed by atoms with van der Waals surface area (Å²) in [6, 6.07) is 16.1. The van der Waals surface area contributed by atoms with Crippen LogP contribution < -0.4 is 0 Å². The van der Waals surface area contributed by atoms with Crippen molar-refractivity contribution in [2.24, 2.45) is 11.8 Å². The van der Waals surface area contributed by atoms with Crippen molar-refractivity contribution in [3.63, 3.8) is 0 Å². The minimum Gasteiger partial charge on any atom is -0.341 e.